The Morgan fingerprint density at radius 3 is 2.88 bits per heavy atom. The quantitative estimate of drug-likeness (QED) is 0.744. The lowest BCUT2D eigenvalue weighted by atomic mass is 10.2. The van der Waals surface area contributed by atoms with E-state index in [2.05, 4.69) is 15.3 Å². The summed E-state index contributed by atoms with van der Waals surface area (Å²) in [4.78, 5) is 22.2. The van der Waals surface area contributed by atoms with Crippen LogP contribution in [0.4, 0.5) is 14.9 Å². The summed E-state index contributed by atoms with van der Waals surface area (Å²) in [5.41, 5.74) is 2.04. The van der Waals surface area contributed by atoms with E-state index in [0.29, 0.717) is 29.1 Å². The maximum Gasteiger partial charge on any atom is 0.322 e. The number of anilines is 1. The maximum atomic E-state index is 13.4. The number of hydrogen-bond donors (Lipinski definition) is 2. The Hall–Kier alpha value is -3.09. The molecule has 4 rings (SSSR count). The summed E-state index contributed by atoms with van der Waals surface area (Å²) in [6.07, 6.45) is 1.71. The van der Waals surface area contributed by atoms with Gasteiger partial charge >= 0.3 is 6.03 Å². The molecule has 3 aromatic rings. The van der Waals surface area contributed by atoms with Crippen molar-refractivity contribution in [3.05, 3.63) is 54.1 Å². The zero-order valence-corrected chi connectivity index (χ0v) is 14.3. The van der Waals surface area contributed by atoms with Crippen LogP contribution in [-0.2, 0) is 0 Å². The van der Waals surface area contributed by atoms with Gasteiger partial charge in [0.15, 0.2) is 0 Å². The number of aromatic amines is 1. The Kier molecular flexibility index (Phi) is 4.20. The topological polar surface area (TPSA) is 70.2 Å². The summed E-state index contributed by atoms with van der Waals surface area (Å²) < 4.78 is 18.5. The van der Waals surface area contributed by atoms with Gasteiger partial charge in [0.25, 0.3) is 0 Å². The van der Waals surface area contributed by atoms with E-state index in [1.165, 1.54) is 12.1 Å². The monoisotopic (exact) mass is 354 g/mol. The Morgan fingerprint density at radius 2 is 2.12 bits per heavy atom. The summed E-state index contributed by atoms with van der Waals surface area (Å²) in [5.74, 6) is 1.11. The average Bonchev–Trinajstić information content (AvgIpc) is 3.28. The number of likely N-dealkylation sites (tertiary alicyclic amines) is 1. The van der Waals surface area contributed by atoms with E-state index < -0.39 is 0 Å². The predicted molar refractivity (Wildman–Crippen MR) is 96.7 cm³/mol. The fourth-order valence-corrected chi connectivity index (χ4v) is 3.32. The molecular weight excluding hydrogens is 335 g/mol. The lowest BCUT2D eigenvalue weighted by Gasteiger charge is -2.23. The van der Waals surface area contributed by atoms with Crippen LogP contribution in [0.3, 0.4) is 0 Å². The highest BCUT2D eigenvalue weighted by Gasteiger charge is 2.32. The molecule has 2 heterocycles. The van der Waals surface area contributed by atoms with Gasteiger partial charge in [0, 0.05) is 12.2 Å². The van der Waals surface area contributed by atoms with E-state index in [4.69, 9.17) is 4.74 Å². The van der Waals surface area contributed by atoms with Crippen molar-refractivity contribution in [1.29, 1.82) is 0 Å². The maximum absolute atomic E-state index is 13.4. The van der Waals surface area contributed by atoms with Crippen LogP contribution in [0, 0.1) is 5.82 Å². The highest BCUT2D eigenvalue weighted by molar-refractivity contribution is 5.90. The molecule has 2 aromatic carbocycles. The molecule has 0 aliphatic carbocycles. The molecule has 1 saturated heterocycles. The van der Waals surface area contributed by atoms with E-state index in [1.54, 1.807) is 42.3 Å². The second-order valence-corrected chi connectivity index (χ2v) is 6.29. The molecule has 1 aromatic heterocycles. The molecule has 134 valence electrons. The number of imidazole rings is 1. The smallest absolute Gasteiger partial charge is 0.322 e. The largest absolute Gasteiger partial charge is 0.497 e. The minimum absolute atomic E-state index is 0.149. The SMILES string of the molecule is COc1ccc(NC(=O)N2CCCC2c2nc3ccc(F)cc3[nH]2)cc1. The number of urea groups is 1. The molecule has 6 nitrogen and oxygen atoms in total. The third-order valence-electron chi connectivity index (χ3n) is 4.63. The number of aromatic nitrogens is 2. The lowest BCUT2D eigenvalue weighted by Crippen LogP contribution is -2.34. The molecule has 1 fully saturated rings. The summed E-state index contributed by atoms with van der Waals surface area (Å²) in [5, 5.41) is 2.91. The van der Waals surface area contributed by atoms with Crippen LogP contribution in [0.25, 0.3) is 11.0 Å². The minimum Gasteiger partial charge on any atom is -0.497 e. The summed E-state index contributed by atoms with van der Waals surface area (Å²) in [7, 11) is 1.60. The van der Waals surface area contributed by atoms with Crippen molar-refractivity contribution in [3.8, 4) is 5.75 Å². The second-order valence-electron chi connectivity index (χ2n) is 6.29. The van der Waals surface area contributed by atoms with E-state index >= 15 is 0 Å². The first kappa shape index (κ1) is 16.4. The summed E-state index contributed by atoms with van der Waals surface area (Å²) in [6, 6.07) is 11.3. The van der Waals surface area contributed by atoms with Crippen LogP contribution < -0.4 is 10.1 Å². The molecule has 1 aliphatic heterocycles. The number of methoxy groups -OCH3 is 1. The van der Waals surface area contributed by atoms with Gasteiger partial charge in [-0.3, -0.25) is 0 Å². The van der Waals surface area contributed by atoms with Gasteiger partial charge in [0.1, 0.15) is 17.4 Å². The molecule has 0 saturated carbocycles. The number of nitrogens with zero attached hydrogens (tertiary/aromatic N) is 2. The molecule has 0 radical (unpaired) electrons. The van der Waals surface area contributed by atoms with Gasteiger partial charge in [0.05, 0.1) is 24.2 Å². The van der Waals surface area contributed by atoms with E-state index in [-0.39, 0.29) is 17.9 Å². The van der Waals surface area contributed by atoms with Crippen LogP contribution >= 0.6 is 0 Å². The van der Waals surface area contributed by atoms with Crippen LogP contribution in [0.5, 0.6) is 5.75 Å². The van der Waals surface area contributed by atoms with E-state index in [9.17, 15) is 9.18 Å². The number of H-pyrrole nitrogens is 1. The van der Waals surface area contributed by atoms with Gasteiger partial charge in [-0.15, -0.1) is 0 Å². The zero-order valence-electron chi connectivity index (χ0n) is 14.3. The molecule has 7 heteroatoms. The fourth-order valence-electron chi connectivity index (χ4n) is 3.32. The number of hydrogen-bond acceptors (Lipinski definition) is 3. The lowest BCUT2D eigenvalue weighted by molar-refractivity contribution is 0.205. The van der Waals surface area contributed by atoms with Gasteiger partial charge in [-0.2, -0.15) is 0 Å². The standard InChI is InChI=1S/C19H19FN4O2/c1-26-14-7-5-13(6-8-14)21-19(25)24-10-2-3-17(24)18-22-15-9-4-12(20)11-16(15)23-18/h4-9,11,17H,2-3,10H2,1H3,(H,21,25)(H,22,23). The minimum atomic E-state index is -0.312. The van der Waals surface area contributed by atoms with Gasteiger partial charge in [-0.05, 0) is 55.3 Å². The number of fused-ring (bicyclic) bond motifs is 1. The number of ether oxygens (including phenoxy) is 1. The van der Waals surface area contributed by atoms with Gasteiger partial charge in [-0.25, -0.2) is 14.2 Å². The molecule has 1 aliphatic rings. The number of carbonyl (C=O) groups is 1. The van der Waals surface area contributed by atoms with Crippen molar-refractivity contribution >= 4 is 22.8 Å². The first-order valence-corrected chi connectivity index (χ1v) is 8.51. The van der Waals surface area contributed by atoms with Crippen molar-refractivity contribution in [2.45, 2.75) is 18.9 Å². The molecule has 26 heavy (non-hydrogen) atoms. The highest BCUT2D eigenvalue weighted by atomic mass is 19.1. The zero-order chi connectivity index (χ0) is 18.1. The first-order chi connectivity index (χ1) is 12.6. The van der Waals surface area contributed by atoms with Crippen molar-refractivity contribution in [1.82, 2.24) is 14.9 Å². The van der Waals surface area contributed by atoms with Crippen LogP contribution in [0.2, 0.25) is 0 Å². The summed E-state index contributed by atoms with van der Waals surface area (Å²) >= 11 is 0. The Balaban J connectivity index is 1.53. The van der Waals surface area contributed by atoms with E-state index in [0.717, 1.165) is 18.6 Å². The number of benzene rings is 2. The fraction of sp³-hybridized carbons (Fsp3) is 0.263. The van der Waals surface area contributed by atoms with Crippen LogP contribution in [0.1, 0.15) is 24.7 Å². The third kappa shape index (κ3) is 3.08. The van der Waals surface area contributed by atoms with Gasteiger partial charge in [0.2, 0.25) is 0 Å². The number of amides is 2. The van der Waals surface area contributed by atoms with Crippen molar-refractivity contribution in [2.75, 3.05) is 19.0 Å². The van der Waals surface area contributed by atoms with Crippen LogP contribution in [0.15, 0.2) is 42.5 Å². The van der Waals surface area contributed by atoms with Crippen molar-refractivity contribution < 1.29 is 13.9 Å². The molecule has 1 atom stereocenters. The molecule has 1 unspecified atom stereocenters. The number of carbonyl (C=O) groups excluding carboxylic acids is 1. The summed E-state index contributed by atoms with van der Waals surface area (Å²) in [6.45, 7) is 0.651. The predicted octanol–water partition coefficient (Wildman–Crippen LogP) is 4.08. The third-order valence-corrected chi connectivity index (χ3v) is 4.63. The van der Waals surface area contributed by atoms with Crippen LogP contribution in [-0.4, -0.2) is 34.6 Å². The second kappa shape index (κ2) is 6.67. The average molecular weight is 354 g/mol. The number of nitrogens with one attached hydrogen (secondary N) is 2. The molecule has 2 N–H and O–H groups in total. The highest BCUT2D eigenvalue weighted by Crippen LogP contribution is 2.32. The van der Waals surface area contributed by atoms with Gasteiger partial charge < -0.3 is 19.9 Å². The van der Waals surface area contributed by atoms with E-state index in [1.807, 2.05) is 0 Å². The van der Waals surface area contributed by atoms with Gasteiger partial charge in [-0.1, -0.05) is 0 Å². The molecule has 2 amide bonds. The Labute approximate surface area is 150 Å². The number of rotatable bonds is 3. The normalized spacial score (nSPS) is 16.8. The van der Waals surface area contributed by atoms with Crippen molar-refractivity contribution in [2.24, 2.45) is 0 Å². The Morgan fingerprint density at radius 1 is 1.31 bits per heavy atom. The molecule has 0 bridgehead atoms. The Bertz CT molecular complexity index is 938. The molecule has 0 spiro atoms. The number of halogens is 1. The molecular formula is C19H19FN4O2. The van der Waals surface area contributed by atoms with Crippen molar-refractivity contribution in [3.63, 3.8) is 0 Å². The first-order valence-electron chi connectivity index (χ1n) is 8.51.